The fourth-order valence-electron chi connectivity index (χ4n) is 6.58. The van der Waals surface area contributed by atoms with Gasteiger partial charge in [0.2, 0.25) is 0 Å². The van der Waals surface area contributed by atoms with Crippen molar-refractivity contribution in [3.05, 3.63) is 0 Å². The lowest BCUT2D eigenvalue weighted by Crippen LogP contribution is -2.13. The average Bonchev–Trinajstić information content (AvgIpc) is 2.78. The van der Waals surface area contributed by atoms with Crippen LogP contribution in [0.4, 0.5) is 0 Å². The van der Waals surface area contributed by atoms with E-state index in [1.54, 1.807) is 0 Å². The maximum Gasteiger partial charge on any atom is 0.117 e. The summed E-state index contributed by atoms with van der Waals surface area (Å²) in [6.45, 7) is 0. The zero-order valence-corrected chi connectivity index (χ0v) is 20.3. The fraction of sp³-hybridized carbons (Fsp3) is 1.00. The van der Waals surface area contributed by atoms with Gasteiger partial charge in [-0.3, -0.25) is 0 Å². The lowest BCUT2D eigenvalue weighted by molar-refractivity contribution is 0.520. The highest BCUT2D eigenvalue weighted by molar-refractivity contribution is 6.40. The van der Waals surface area contributed by atoms with Gasteiger partial charge in [0.05, 0.1) is 0 Å². The van der Waals surface area contributed by atoms with Gasteiger partial charge in [0.25, 0.3) is 0 Å². The van der Waals surface area contributed by atoms with Gasteiger partial charge < -0.3 is 0 Å². The minimum Gasteiger partial charge on any atom is -0.0800 e. The van der Waals surface area contributed by atoms with Gasteiger partial charge in [-0.05, 0) is 0 Å². The molecular weight excluding hydrogens is 357 g/mol. The van der Waals surface area contributed by atoms with E-state index in [0.717, 1.165) is 23.3 Å². The molecule has 4 bridgehead atoms. The summed E-state index contributed by atoms with van der Waals surface area (Å²) in [6, 6.07) is 0. The second kappa shape index (κ2) is 15.9. The third-order valence-electron chi connectivity index (χ3n) is 8.56. The van der Waals surface area contributed by atoms with Gasteiger partial charge in [-0.1, -0.05) is 171 Å². The highest BCUT2D eigenvalue weighted by atomic mass is 14.2. The molecule has 2 heterocycles. The lowest BCUT2D eigenvalue weighted by atomic mass is 9.50. The van der Waals surface area contributed by atoms with Gasteiger partial charge in [-0.2, -0.15) is 0 Å². The first-order chi connectivity index (χ1) is 14.9. The molecule has 0 aromatic rings. The summed E-state index contributed by atoms with van der Waals surface area (Å²) in [5, 5.41) is 0. The van der Waals surface area contributed by atoms with Gasteiger partial charge in [-0.15, -0.1) is 0 Å². The molecule has 4 atom stereocenters. The molecule has 3 heteroatoms. The normalized spacial score (nSPS) is 34.4. The summed E-state index contributed by atoms with van der Waals surface area (Å²) in [5.74, 6) is 3.64. The molecule has 1 saturated carbocycles. The lowest BCUT2D eigenvalue weighted by Gasteiger charge is -2.24. The highest BCUT2D eigenvalue weighted by Gasteiger charge is 2.22. The number of fused-ring (bicyclic) bond motifs is 7. The maximum absolute atomic E-state index is 2.90. The summed E-state index contributed by atoms with van der Waals surface area (Å²) < 4.78 is 0. The van der Waals surface area contributed by atoms with E-state index in [0.29, 0.717) is 0 Å². The van der Waals surface area contributed by atoms with Crippen LogP contribution in [0.2, 0.25) is 35.9 Å². The van der Waals surface area contributed by atoms with Crippen molar-refractivity contribution < 1.29 is 0 Å². The van der Waals surface area contributed by atoms with Crippen molar-refractivity contribution in [3.63, 3.8) is 0 Å². The van der Waals surface area contributed by atoms with Crippen molar-refractivity contribution in [1.82, 2.24) is 0 Å². The maximum atomic E-state index is 2.90. The molecule has 30 heavy (non-hydrogen) atoms. The third-order valence-corrected chi connectivity index (χ3v) is 8.56. The fourth-order valence-corrected chi connectivity index (χ4v) is 6.58. The van der Waals surface area contributed by atoms with Crippen LogP contribution in [0.3, 0.4) is 0 Å². The minimum absolute atomic E-state index is 0.905. The molecule has 3 fully saturated rings. The summed E-state index contributed by atoms with van der Waals surface area (Å²) in [7, 11) is 8.43. The van der Waals surface area contributed by atoms with Crippen molar-refractivity contribution in [2.24, 2.45) is 0 Å². The minimum atomic E-state index is 0.905. The van der Waals surface area contributed by atoms with Gasteiger partial charge in [-0.25, -0.2) is 0 Å². The van der Waals surface area contributed by atoms with Crippen LogP contribution in [0, 0.1) is 0 Å². The van der Waals surface area contributed by atoms with E-state index < -0.39 is 0 Å². The summed E-state index contributed by atoms with van der Waals surface area (Å²) >= 11 is 0. The van der Waals surface area contributed by atoms with Gasteiger partial charge in [0, 0.05) is 0 Å². The number of hydrogen-bond acceptors (Lipinski definition) is 0. The Morgan fingerprint density at radius 2 is 0.667 bits per heavy atom. The number of hydrogen-bond donors (Lipinski definition) is 0. The molecule has 1 aliphatic carbocycles. The first-order valence-corrected chi connectivity index (χ1v) is 14.4. The number of rotatable bonds is 0. The van der Waals surface area contributed by atoms with Crippen molar-refractivity contribution in [1.29, 1.82) is 0 Å². The zero-order valence-electron chi connectivity index (χ0n) is 20.3. The van der Waals surface area contributed by atoms with E-state index >= 15 is 0 Å². The smallest absolute Gasteiger partial charge is 0.0800 e. The van der Waals surface area contributed by atoms with Crippen LogP contribution < -0.4 is 0 Å². The molecule has 0 spiro atoms. The second-order valence-corrected chi connectivity index (χ2v) is 11.2. The van der Waals surface area contributed by atoms with Crippen LogP contribution in [0.25, 0.3) is 0 Å². The summed E-state index contributed by atoms with van der Waals surface area (Å²) in [4.78, 5) is 0. The molecule has 0 N–H and O–H groups in total. The van der Waals surface area contributed by atoms with Crippen LogP contribution in [0.15, 0.2) is 0 Å². The molecule has 3 radical (unpaired) electrons. The molecule has 167 valence electrons. The van der Waals surface area contributed by atoms with Crippen molar-refractivity contribution >= 4 is 21.8 Å². The Morgan fingerprint density at radius 1 is 0.300 bits per heavy atom. The van der Waals surface area contributed by atoms with E-state index in [-0.39, 0.29) is 0 Å². The topological polar surface area (TPSA) is 0 Å². The van der Waals surface area contributed by atoms with Crippen LogP contribution in [-0.4, -0.2) is 21.8 Å². The van der Waals surface area contributed by atoms with E-state index in [4.69, 9.17) is 0 Å². The van der Waals surface area contributed by atoms with Gasteiger partial charge >= 0.3 is 0 Å². The van der Waals surface area contributed by atoms with Crippen molar-refractivity contribution in [2.75, 3.05) is 0 Å². The van der Waals surface area contributed by atoms with Crippen molar-refractivity contribution in [2.45, 2.75) is 171 Å². The first-order valence-electron chi connectivity index (χ1n) is 14.4. The molecule has 0 aromatic carbocycles. The quantitative estimate of drug-likeness (QED) is 0.351. The van der Waals surface area contributed by atoms with Gasteiger partial charge in [0.1, 0.15) is 21.8 Å². The molecule has 2 aliphatic heterocycles. The Hall–Kier alpha value is 0.195. The van der Waals surface area contributed by atoms with Crippen LogP contribution in [0.1, 0.15) is 135 Å². The molecular formula is C27H50B3. The Labute approximate surface area is 192 Å². The predicted molar refractivity (Wildman–Crippen MR) is 139 cm³/mol. The molecule has 4 unspecified atom stereocenters. The highest BCUT2D eigenvalue weighted by Crippen LogP contribution is 2.37. The average molecular weight is 407 g/mol. The molecule has 0 aromatic heterocycles. The largest absolute Gasteiger partial charge is 0.117 e. The van der Waals surface area contributed by atoms with E-state index in [1.165, 1.54) is 147 Å². The van der Waals surface area contributed by atoms with Crippen molar-refractivity contribution in [3.8, 4) is 0 Å². The molecule has 2 saturated heterocycles. The van der Waals surface area contributed by atoms with E-state index in [2.05, 4.69) is 21.8 Å². The SMILES string of the molecule is [B]1C2CCCCCCC[B]C3CCCC1CCCC([B]CCCCCCCC2)CC3. The van der Waals surface area contributed by atoms with Crippen LogP contribution in [0.5, 0.6) is 0 Å². The molecule has 0 amide bonds. The Balaban J connectivity index is 1.69. The Morgan fingerprint density at radius 3 is 1.17 bits per heavy atom. The summed E-state index contributed by atoms with van der Waals surface area (Å²) in [5.41, 5.74) is 0. The predicted octanol–water partition coefficient (Wildman–Crippen LogP) is 9.32. The molecule has 3 aliphatic rings. The van der Waals surface area contributed by atoms with Crippen LogP contribution >= 0.6 is 0 Å². The zero-order chi connectivity index (χ0) is 20.7. The molecule has 0 nitrogen and oxygen atoms in total. The Bertz CT molecular complexity index is 413. The van der Waals surface area contributed by atoms with Crippen LogP contribution in [-0.2, 0) is 0 Å². The standard InChI is InChI=1S/C27H50B3/c1-2-6-10-22-28-24-16-12-18-27-19-13-17-25(21-20-24)29-23-11-7-3-5-9-15-26(30-27)14-8-4-1/h24-27H,1-23H2. The second-order valence-electron chi connectivity index (χ2n) is 11.2. The third kappa shape index (κ3) is 10.7. The van der Waals surface area contributed by atoms with Gasteiger partial charge in [0.15, 0.2) is 0 Å². The monoisotopic (exact) mass is 407 g/mol. The molecule has 3 rings (SSSR count). The first kappa shape index (κ1) is 24.8. The van der Waals surface area contributed by atoms with E-state index in [1.807, 2.05) is 0 Å². The van der Waals surface area contributed by atoms with E-state index in [9.17, 15) is 0 Å². The summed E-state index contributed by atoms with van der Waals surface area (Å²) in [6.07, 6.45) is 33.8. The Kier molecular flexibility index (Phi) is 13.2.